The predicted octanol–water partition coefficient (Wildman–Crippen LogP) is 2.65. The van der Waals surface area contributed by atoms with Crippen LogP contribution >= 0.6 is 0 Å². The first-order chi connectivity index (χ1) is 9.51. The minimum Gasteiger partial charge on any atom is -0.504 e. The number of rotatable bonds is 8. The maximum atomic E-state index is 11.5. The lowest BCUT2D eigenvalue weighted by atomic mass is 10.0. The highest BCUT2D eigenvalue weighted by atomic mass is 16.5. The van der Waals surface area contributed by atoms with E-state index in [1.807, 2.05) is 6.92 Å². The van der Waals surface area contributed by atoms with E-state index in [2.05, 4.69) is 6.92 Å². The molecule has 1 aromatic carbocycles. The molecule has 1 rings (SSSR count). The van der Waals surface area contributed by atoms with Gasteiger partial charge >= 0.3 is 5.97 Å². The highest BCUT2D eigenvalue weighted by Crippen LogP contribution is 2.31. The van der Waals surface area contributed by atoms with Crippen LogP contribution in [0, 0.1) is 0 Å². The number of carbonyl (C=O) groups is 1. The third-order valence-corrected chi connectivity index (χ3v) is 3.14. The lowest BCUT2D eigenvalue weighted by Crippen LogP contribution is -2.31. The van der Waals surface area contributed by atoms with Gasteiger partial charge < -0.3 is 14.9 Å². The van der Waals surface area contributed by atoms with Crippen molar-refractivity contribution in [2.45, 2.75) is 32.7 Å². The average molecular weight is 281 g/mol. The Morgan fingerprint density at radius 1 is 1.40 bits per heavy atom. The van der Waals surface area contributed by atoms with Crippen molar-refractivity contribution in [1.29, 1.82) is 0 Å². The topological polar surface area (TPSA) is 70.0 Å². The van der Waals surface area contributed by atoms with Gasteiger partial charge in [0, 0.05) is 0 Å². The number of carboxylic acid groups (broad SMARTS) is 1. The molecule has 20 heavy (non-hydrogen) atoms. The van der Waals surface area contributed by atoms with Gasteiger partial charge in [0.15, 0.2) is 11.5 Å². The molecule has 5 heteroatoms. The number of hydrogen-bond acceptors (Lipinski definition) is 4. The summed E-state index contributed by atoms with van der Waals surface area (Å²) in [5.41, 5.74) is 0.609. The zero-order chi connectivity index (χ0) is 15.1. The summed E-state index contributed by atoms with van der Waals surface area (Å²) in [5.74, 6) is -0.562. The van der Waals surface area contributed by atoms with E-state index in [-0.39, 0.29) is 5.75 Å². The molecule has 0 aliphatic carbocycles. The predicted molar refractivity (Wildman–Crippen MR) is 77.2 cm³/mol. The van der Waals surface area contributed by atoms with Gasteiger partial charge in [-0.1, -0.05) is 19.4 Å². The molecule has 0 heterocycles. The van der Waals surface area contributed by atoms with Crippen molar-refractivity contribution in [1.82, 2.24) is 4.90 Å². The maximum absolute atomic E-state index is 11.5. The van der Waals surface area contributed by atoms with Crippen LogP contribution in [0.3, 0.4) is 0 Å². The van der Waals surface area contributed by atoms with Crippen LogP contribution < -0.4 is 4.74 Å². The molecular formula is C15H23NO4. The fourth-order valence-corrected chi connectivity index (χ4v) is 2.09. The number of phenols is 1. The Labute approximate surface area is 119 Å². The summed E-state index contributed by atoms with van der Waals surface area (Å²) in [7, 11) is 1.79. The highest BCUT2D eigenvalue weighted by molar-refractivity contribution is 5.76. The van der Waals surface area contributed by atoms with Crippen molar-refractivity contribution in [3.05, 3.63) is 23.8 Å². The summed E-state index contributed by atoms with van der Waals surface area (Å²) in [6.07, 6.45) is 1.95. The molecule has 1 aromatic rings. The first-order valence-corrected chi connectivity index (χ1v) is 6.90. The van der Waals surface area contributed by atoms with Gasteiger partial charge in [-0.3, -0.25) is 9.69 Å². The average Bonchev–Trinajstić information content (AvgIpc) is 2.40. The summed E-state index contributed by atoms with van der Waals surface area (Å²) in [6.45, 7) is 5.00. The smallest absolute Gasteiger partial charge is 0.325 e. The standard InChI is InChI=1S/C15H23NO4/c1-4-6-9-16(3)14(15(18)19)11-7-8-12(17)13(10-11)20-5-2/h7-8,10,14,17H,4-6,9H2,1-3H3,(H,18,19). The molecule has 0 saturated carbocycles. The van der Waals surface area contributed by atoms with Crippen LogP contribution in [0.2, 0.25) is 0 Å². The summed E-state index contributed by atoms with van der Waals surface area (Å²) < 4.78 is 5.31. The van der Waals surface area contributed by atoms with E-state index >= 15 is 0 Å². The minimum absolute atomic E-state index is 0.0240. The Morgan fingerprint density at radius 2 is 2.10 bits per heavy atom. The number of benzene rings is 1. The molecule has 0 saturated heterocycles. The van der Waals surface area contributed by atoms with Crippen LogP contribution in [0.5, 0.6) is 11.5 Å². The van der Waals surface area contributed by atoms with Gasteiger partial charge in [-0.05, 0) is 44.6 Å². The quantitative estimate of drug-likeness (QED) is 0.766. The van der Waals surface area contributed by atoms with E-state index in [1.165, 1.54) is 6.07 Å². The van der Waals surface area contributed by atoms with Crippen molar-refractivity contribution in [2.24, 2.45) is 0 Å². The van der Waals surface area contributed by atoms with Crippen molar-refractivity contribution in [3.63, 3.8) is 0 Å². The van der Waals surface area contributed by atoms with Gasteiger partial charge in [0.05, 0.1) is 6.61 Å². The van der Waals surface area contributed by atoms with Crippen LogP contribution in [-0.4, -0.2) is 41.3 Å². The van der Waals surface area contributed by atoms with Gasteiger partial charge in [-0.25, -0.2) is 0 Å². The van der Waals surface area contributed by atoms with Crippen LogP contribution in [-0.2, 0) is 4.79 Å². The molecule has 0 radical (unpaired) electrons. The zero-order valence-corrected chi connectivity index (χ0v) is 12.3. The Hall–Kier alpha value is -1.75. The number of carboxylic acids is 1. The maximum Gasteiger partial charge on any atom is 0.325 e. The normalized spacial score (nSPS) is 12.4. The molecule has 0 aliphatic rings. The second-order valence-corrected chi connectivity index (χ2v) is 4.74. The van der Waals surface area contributed by atoms with Crippen LogP contribution in [0.4, 0.5) is 0 Å². The molecule has 0 amide bonds. The molecule has 0 aliphatic heterocycles. The molecule has 0 fully saturated rings. The third-order valence-electron chi connectivity index (χ3n) is 3.14. The van der Waals surface area contributed by atoms with Crippen LogP contribution in [0.15, 0.2) is 18.2 Å². The Bertz CT molecular complexity index is 447. The van der Waals surface area contributed by atoms with Gasteiger partial charge in [0.25, 0.3) is 0 Å². The third kappa shape index (κ3) is 4.13. The second-order valence-electron chi connectivity index (χ2n) is 4.74. The van der Waals surface area contributed by atoms with E-state index < -0.39 is 12.0 Å². The molecule has 0 bridgehead atoms. The molecular weight excluding hydrogens is 258 g/mol. The summed E-state index contributed by atoms with van der Waals surface area (Å²) in [4.78, 5) is 13.3. The molecule has 0 spiro atoms. The lowest BCUT2D eigenvalue weighted by Gasteiger charge is -2.25. The monoisotopic (exact) mass is 281 g/mol. The summed E-state index contributed by atoms with van der Waals surface area (Å²) in [5, 5.41) is 19.1. The fourth-order valence-electron chi connectivity index (χ4n) is 2.09. The lowest BCUT2D eigenvalue weighted by molar-refractivity contribution is -0.143. The van der Waals surface area contributed by atoms with Crippen molar-refractivity contribution in [3.8, 4) is 11.5 Å². The number of aromatic hydroxyl groups is 1. The van der Waals surface area contributed by atoms with Crippen LogP contribution in [0.1, 0.15) is 38.3 Å². The number of ether oxygens (including phenoxy) is 1. The summed E-state index contributed by atoms with van der Waals surface area (Å²) >= 11 is 0. The van der Waals surface area contributed by atoms with E-state index in [0.29, 0.717) is 24.5 Å². The number of phenolic OH excluding ortho intramolecular Hbond substituents is 1. The van der Waals surface area contributed by atoms with Gasteiger partial charge in [-0.2, -0.15) is 0 Å². The van der Waals surface area contributed by atoms with Gasteiger partial charge in [0.2, 0.25) is 0 Å². The highest BCUT2D eigenvalue weighted by Gasteiger charge is 2.25. The molecule has 112 valence electrons. The number of likely N-dealkylation sites (N-methyl/N-ethyl adjacent to an activating group) is 1. The molecule has 1 atom stereocenters. The van der Waals surface area contributed by atoms with E-state index in [4.69, 9.17) is 4.74 Å². The Morgan fingerprint density at radius 3 is 2.65 bits per heavy atom. The molecule has 5 nitrogen and oxygen atoms in total. The first kappa shape index (κ1) is 16.3. The van der Waals surface area contributed by atoms with Crippen LogP contribution in [0.25, 0.3) is 0 Å². The Kier molecular flexibility index (Phi) is 6.31. The first-order valence-electron chi connectivity index (χ1n) is 6.90. The largest absolute Gasteiger partial charge is 0.504 e. The second kappa shape index (κ2) is 7.75. The van der Waals surface area contributed by atoms with Crippen molar-refractivity contribution in [2.75, 3.05) is 20.2 Å². The number of aliphatic carboxylic acids is 1. The summed E-state index contributed by atoms with van der Waals surface area (Å²) in [6, 6.07) is 3.96. The fraction of sp³-hybridized carbons (Fsp3) is 0.533. The molecule has 2 N–H and O–H groups in total. The van der Waals surface area contributed by atoms with E-state index in [0.717, 1.165) is 12.8 Å². The molecule has 0 aromatic heterocycles. The number of unbranched alkanes of at least 4 members (excludes halogenated alkanes) is 1. The number of nitrogens with zero attached hydrogens (tertiary/aromatic N) is 1. The zero-order valence-electron chi connectivity index (χ0n) is 12.3. The van der Waals surface area contributed by atoms with E-state index in [9.17, 15) is 15.0 Å². The van der Waals surface area contributed by atoms with Crippen molar-refractivity contribution < 1.29 is 19.7 Å². The minimum atomic E-state index is -0.906. The SMILES string of the molecule is CCCCN(C)C(C(=O)O)c1ccc(O)c(OCC)c1. The van der Waals surface area contributed by atoms with Gasteiger partial charge in [0.1, 0.15) is 6.04 Å². The van der Waals surface area contributed by atoms with E-state index in [1.54, 1.807) is 24.1 Å². The molecule has 1 unspecified atom stereocenters. The Balaban J connectivity index is 3.02. The van der Waals surface area contributed by atoms with Gasteiger partial charge in [-0.15, -0.1) is 0 Å². The number of hydrogen-bond donors (Lipinski definition) is 2. The van der Waals surface area contributed by atoms with Crippen molar-refractivity contribution >= 4 is 5.97 Å².